The maximum atomic E-state index is 9.33. The molecule has 0 aliphatic carbocycles. The van der Waals surface area contributed by atoms with Gasteiger partial charge in [-0.05, 0) is 0 Å². The van der Waals surface area contributed by atoms with Crippen LogP contribution in [-0.2, 0) is 4.57 Å². The van der Waals surface area contributed by atoms with Crippen LogP contribution in [0, 0.1) is 0 Å². The molecule has 0 saturated carbocycles. The van der Waals surface area contributed by atoms with Gasteiger partial charge in [-0.15, -0.1) is 0 Å². The summed E-state index contributed by atoms with van der Waals surface area (Å²) in [6, 6.07) is 0. The molecule has 0 aromatic heterocycles. The lowest BCUT2D eigenvalue weighted by Gasteiger charge is -1.35. The van der Waals surface area contributed by atoms with Gasteiger partial charge in [0.05, 0.1) is 0 Å². The van der Waals surface area contributed by atoms with Gasteiger partial charge in [-0.2, -0.15) is 4.90 Å². The molecule has 0 aromatic carbocycles. The topological polar surface area (TPSA) is 37.3 Å². The van der Waals surface area contributed by atoms with Crippen molar-refractivity contribution in [2.45, 2.75) is 0 Å². The van der Waals surface area contributed by atoms with Crippen LogP contribution in [0.1, 0.15) is 0 Å². The van der Waals surface area contributed by atoms with Gasteiger partial charge in [-0.25, -0.2) is 0 Å². The van der Waals surface area contributed by atoms with Crippen molar-refractivity contribution in [3.63, 3.8) is 0 Å². The maximum absolute atomic E-state index is 9.33. The van der Waals surface area contributed by atoms with Crippen LogP contribution in [0.5, 0.6) is 0 Å². The van der Waals surface area contributed by atoms with Crippen LogP contribution in [0.3, 0.4) is 0 Å². The van der Waals surface area contributed by atoms with Crippen molar-refractivity contribution < 1.29 is 9.46 Å². The van der Waals surface area contributed by atoms with Gasteiger partial charge < -0.3 is 0 Å². The molecule has 0 spiro atoms. The smallest absolute Gasteiger partial charge is 0.178 e. The van der Waals surface area contributed by atoms with Crippen molar-refractivity contribution >= 4 is 15.5 Å². The summed E-state index contributed by atoms with van der Waals surface area (Å²) in [5.74, 6) is 0. The van der Waals surface area contributed by atoms with Gasteiger partial charge in [0.2, 0.25) is 0 Å². The monoisotopic (exact) mass is 76.0 g/mol. The highest BCUT2D eigenvalue weighted by atomic mass is 31.1. The van der Waals surface area contributed by atoms with Crippen molar-refractivity contribution in [2.24, 2.45) is 0 Å². The molecule has 0 fully saturated rings. The fourth-order valence-corrected chi connectivity index (χ4v) is 0. The van der Waals surface area contributed by atoms with Gasteiger partial charge in [-0.3, -0.25) is 0 Å². The number of hydrogen-bond donors (Lipinski definition) is 1. The first-order valence-corrected chi connectivity index (χ1v) is 1.87. The first kappa shape index (κ1) is 2.37. The Morgan fingerprint density at radius 2 is 2.75 bits per heavy atom. The van der Waals surface area contributed by atoms with Crippen LogP contribution in [0.25, 0.3) is 0 Å². The average molecular weight is 75.8 g/mol. The zero-order chi connectivity index (χ0) is 4.28. The Balaban J connectivity index is 2.85. The van der Waals surface area contributed by atoms with E-state index in [0.717, 1.165) is 0 Å². The minimum Gasteiger partial charge on any atom is -0.178 e. The Kier molecular flexibility index (Phi) is 0.855. The average Bonchev–Trinajstić information content (AvgIpc) is 1.38. The van der Waals surface area contributed by atoms with Crippen molar-refractivity contribution in [3.05, 3.63) is 0 Å². The molecule has 2 nitrogen and oxygen atoms in total. The van der Waals surface area contributed by atoms with Gasteiger partial charge in [0.1, 0.15) is 0 Å². The summed E-state index contributed by atoms with van der Waals surface area (Å²) in [5.41, 5.74) is 0. The molecule has 1 N–H and O–H groups in total. The quantitative estimate of drug-likeness (QED) is 0.347. The van der Waals surface area contributed by atoms with Crippen LogP contribution in [0.15, 0.2) is 0 Å². The fourth-order valence-electron chi connectivity index (χ4n) is 0. The van der Waals surface area contributed by atoms with Crippen LogP contribution < -0.4 is 0 Å². The molecule has 0 rings (SSSR count). The van der Waals surface area contributed by atoms with Gasteiger partial charge >= 0.3 is 15.5 Å². The molecule has 4 heteroatoms. The Morgan fingerprint density at radius 1 is 2.50 bits per heavy atom. The minimum atomic E-state index is -2.18. The molecular formula is HBO2P+. The highest BCUT2D eigenvalue weighted by Gasteiger charge is 1.89. The molecule has 0 bridgehead atoms. The maximum Gasteiger partial charge on any atom is 0.554 e. The Morgan fingerprint density at radius 3 is 2.75 bits per heavy atom. The third kappa shape index (κ3) is 172. The van der Waals surface area contributed by atoms with Crippen molar-refractivity contribution in [1.29, 1.82) is 1.43 Å². The minimum absolute atomic E-state index is 2.18. The number of rotatable bonds is 1. The van der Waals surface area contributed by atoms with Crippen LogP contribution in [0.2, 0.25) is 0 Å². The van der Waals surface area contributed by atoms with Crippen molar-refractivity contribution in [1.82, 2.24) is 0 Å². The zero-order valence-electron chi connectivity index (χ0n) is 2.84. The second-order valence-corrected chi connectivity index (χ2v) is 0.856. The van der Waals surface area contributed by atoms with Crippen molar-refractivity contribution in [3.8, 4) is 0 Å². The molecular weight excluding hydrogens is 73.8 g/mol. The van der Waals surface area contributed by atoms with Gasteiger partial charge in [0.15, 0.2) is 0 Å². The highest BCUT2D eigenvalue weighted by molar-refractivity contribution is 7.66. The first-order valence-electron chi connectivity index (χ1n) is 1.03. The van der Waals surface area contributed by atoms with Gasteiger partial charge in [0.25, 0.3) is 1.43 Å². The Labute approximate surface area is 27.6 Å². The molecule has 0 amide bonds. The molecule has 0 aromatic rings. The molecule has 0 aliphatic rings. The van der Waals surface area contributed by atoms with E-state index < -0.39 is 7.91 Å². The summed E-state index contributed by atoms with van der Waals surface area (Å²) in [6.45, 7) is 0. The second kappa shape index (κ2) is 1.44. The van der Waals surface area contributed by atoms with Gasteiger partial charge in [0, 0.05) is 0 Å². The molecule has 2 radical (unpaired) electrons. The predicted molar refractivity (Wildman–Crippen MR) is 15.6 cm³/mol. The normalized spacial score (nSPS) is 14.0. The van der Waals surface area contributed by atoms with E-state index in [1.54, 1.807) is 0 Å². The van der Waals surface area contributed by atoms with E-state index in [-0.39, 0.29) is 0 Å². The van der Waals surface area contributed by atoms with E-state index in [9.17, 15) is 4.57 Å². The lowest BCUT2D eigenvalue weighted by Crippen LogP contribution is -1.40. The SMILES string of the molecule is [2H]O[P+]([B])=O. The predicted octanol–water partition coefficient (Wildman–Crippen LogP) is -0.195. The van der Waals surface area contributed by atoms with Gasteiger partial charge in [-0.1, -0.05) is 4.57 Å². The standard InChI is InChI=1S/BHO2P/c1-4(2)3/h(H,2,3)/q+1/i/hD. The van der Waals surface area contributed by atoms with Crippen molar-refractivity contribution in [2.75, 3.05) is 0 Å². The summed E-state index contributed by atoms with van der Waals surface area (Å²) in [4.78, 5) is 3.29. The number of hydrogen-bond acceptors (Lipinski definition) is 2. The largest absolute Gasteiger partial charge is 0.554 e. The summed E-state index contributed by atoms with van der Waals surface area (Å²) < 4.78 is 15.1. The Hall–Kier alpha value is 0.125. The molecule has 1 unspecified atom stereocenters. The summed E-state index contributed by atoms with van der Waals surface area (Å²) in [7, 11) is 2.21. The second-order valence-electron chi connectivity index (χ2n) is 0.285. The fraction of sp³-hybridized carbons (Fsp3) is 0. The summed E-state index contributed by atoms with van der Waals surface area (Å²) >= 11 is 0. The third-order valence-corrected chi connectivity index (χ3v) is 0. The molecule has 0 aliphatic heterocycles. The lowest BCUT2D eigenvalue weighted by molar-refractivity contribution is 0.518. The van der Waals surface area contributed by atoms with Crippen LogP contribution in [0.4, 0.5) is 0 Å². The third-order valence-electron chi connectivity index (χ3n) is 0. The lowest BCUT2D eigenvalue weighted by atomic mass is 10.8. The Bertz CT molecular complexity index is 44.9. The molecule has 20 valence electrons. The van der Waals surface area contributed by atoms with Crippen LogP contribution in [-0.4, -0.2) is 13.9 Å². The zero-order valence-corrected chi connectivity index (χ0v) is 2.74. The highest BCUT2D eigenvalue weighted by Crippen LogP contribution is 1.97. The van der Waals surface area contributed by atoms with E-state index in [0.29, 0.717) is 0 Å². The van der Waals surface area contributed by atoms with E-state index in [1.807, 2.05) is 0 Å². The van der Waals surface area contributed by atoms with Crippen LogP contribution >= 0.6 is 7.91 Å². The van der Waals surface area contributed by atoms with E-state index in [1.165, 1.54) is 0 Å². The first-order chi connectivity index (χ1) is 2.27. The molecule has 0 saturated heterocycles. The van der Waals surface area contributed by atoms with E-state index in [4.69, 9.17) is 1.43 Å². The van der Waals surface area contributed by atoms with E-state index in [2.05, 4.69) is 12.5 Å². The molecule has 1 atom stereocenters. The summed E-state index contributed by atoms with van der Waals surface area (Å²) in [5, 5.41) is 0. The molecule has 4 heavy (non-hydrogen) atoms. The van der Waals surface area contributed by atoms with E-state index >= 15 is 0 Å². The molecule has 0 heterocycles. The summed E-state index contributed by atoms with van der Waals surface area (Å²) in [6.07, 6.45) is 0.